The molecule has 0 aliphatic carbocycles. The monoisotopic (exact) mass is 266 g/mol. The number of nitrogens with two attached hydrogens (primary N) is 2. The van der Waals surface area contributed by atoms with Gasteiger partial charge >= 0.3 is 0 Å². The number of ether oxygens (including phenoxy) is 1. The fraction of sp³-hybridized carbons (Fsp3) is 0.500. The van der Waals surface area contributed by atoms with Crippen molar-refractivity contribution in [2.45, 2.75) is 24.5 Å². The molecule has 0 radical (unpaired) electrons. The Morgan fingerprint density at radius 2 is 2.16 bits per heavy atom. The van der Waals surface area contributed by atoms with Gasteiger partial charge in [0.25, 0.3) is 0 Å². The van der Waals surface area contributed by atoms with Gasteiger partial charge in [0.1, 0.15) is 24.1 Å². The number of aliphatic hydroxyl groups excluding tert-OH is 2. The highest BCUT2D eigenvalue weighted by molar-refractivity contribution is 5.81. The maximum Gasteiger partial charge on any atom is 0.167 e. The first-order valence-electron chi connectivity index (χ1n) is 5.76. The molecule has 9 heteroatoms. The predicted molar refractivity (Wildman–Crippen MR) is 64.7 cm³/mol. The van der Waals surface area contributed by atoms with Crippen molar-refractivity contribution in [1.29, 1.82) is 0 Å². The summed E-state index contributed by atoms with van der Waals surface area (Å²) in [5.41, 5.74) is 12.5. The van der Waals surface area contributed by atoms with Crippen LogP contribution >= 0.6 is 0 Å². The maximum atomic E-state index is 9.85. The van der Waals surface area contributed by atoms with Crippen LogP contribution in [0, 0.1) is 0 Å². The Kier molecular flexibility index (Phi) is 2.82. The maximum absolute atomic E-state index is 9.85. The third-order valence-corrected chi connectivity index (χ3v) is 3.26. The standard InChI is InChI=1S/C10H14N6O3/c11-5-7(18)4(1-17)19-10(5)16-3-15-6-8(12)13-2-14-9(6)16/h2-5,7,10,17-18H,1,11H2,(H2,12,13,14)/t4-,5?,7+,10-/m1/s1. The van der Waals surface area contributed by atoms with E-state index in [1.165, 1.54) is 12.7 Å². The van der Waals surface area contributed by atoms with Gasteiger partial charge in [0, 0.05) is 0 Å². The summed E-state index contributed by atoms with van der Waals surface area (Å²) < 4.78 is 7.10. The quantitative estimate of drug-likeness (QED) is 0.487. The first-order chi connectivity index (χ1) is 9.13. The molecule has 6 N–H and O–H groups in total. The van der Waals surface area contributed by atoms with Gasteiger partial charge in [-0.15, -0.1) is 0 Å². The summed E-state index contributed by atoms with van der Waals surface area (Å²) in [5.74, 6) is 0.259. The number of rotatable bonds is 2. The van der Waals surface area contributed by atoms with Gasteiger partial charge in [-0.05, 0) is 0 Å². The molecular weight excluding hydrogens is 252 g/mol. The minimum Gasteiger partial charge on any atom is -0.394 e. The van der Waals surface area contributed by atoms with Gasteiger partial charge in [-0.3, -0.25) is 4.57 Å². The molecule has 9 nitrogen and oxygen atoms in total. The molecular formula is C10H14N6O3. The first kappa shape index (κ1) is 12.2. The van der Waals surface area contributed by atoms with Gasteiger partial charge in [0.15, 0.2) is 17.7 Å². The molecule has 3 heterocycles. The Morgan fingerprint density at radius 3 is 2.84 bits per heavy atom. The third kappa shape index (κ3) is 1.75. The SMILES string of the molecule is Nc1ncnc2c1ncn2[C@@H]1O[C@H](CO)[C@H](O)C1N. The van der Waals surface area contributed by atoms with Gasteiger partial charge in [-0.25, -0.2) is 15.0 Å². The zero-order chi connectivity index (χ0) is 13.6. The van der Waals surface area contributed by atoms with E-state index in [2.05, 4.69) is 15.0 Å². The Hall–Kier alpha value is -1.81. The lowest BCUT2D eigenvalue weighted by Crippen LogP contribution is -2.39. The van der Waals surface area contributed by atoms with E-state index >= 15 is 0 Å². The van der Waals surface area contributed by atoms with Crippen LogP contribution in [0.3, 0.4) is 0 Å². The predicted octanol–water partition coefficient (Wildman–Crippen LogP) is -2.01. The van der Waals surface area contributed by atoms with E-state index in [1.807, 2.05) is 0 Å². The fourth-order valence-electron chi connectivity index (χ4n) is 2.23. The highest BCUT2D eigenvalue weighted by Crippen LogP contribution is 2.30. The van der Waals surface area contributed by atoms with Gasteiger partial charge in [-0.1, -0.05) is 0 Å². The molecule has 1 aliphatic heterocycles. The number of imidazole rings is 1. The van der Waals surface area contributed by atoms with Crippen LogP contribution in [0.25, 0.3) is 11.2 Å². The van der Waals surface area contributed by atoms with Gasteiger partial charge in [-0.2, -0.15) is 0 Å². The lowest BCUT2D eigenvalue weighted by molar-refractivity contribution is -0.0437. The second-order valence-electron chi connectivity index (χ2n) is 4.40. The molecule has 0 amide bonds. The minimum absolute atomic E-state index is 0.259. The van der Waals surface area contributed by atoms with Crippen molar-refractivity contribution in [2.24, 2.45) is 5.73 Å². The second kappa shape index (κ2) is 4.38. The molecule has 4 atom stereocenters. The smallest absolute Gasteiger partial charge is 0.167 e. The summed E-state index contributed by atoms with van der Waals surface area (Å²) in [6, 6.07) is -0.689. The summed E-state index contributed by atoms with van der Waals surface area (Å²) in [6.45, 7) is -0.310. The molecule has 0 bridgehead atoms. The van der Waals surface area contributed by atoms with Gasteiger partial charge < -0.3 is 26.4 Å². The number of fused-ring (bicyclic) bond motifs is 1. The van der Waals surface area contributed by atoms with E-state index in [1.54, 1.807) is 4.57 Å². The molecule has 1 aliphatic rings. The second-order valence-corrected chi connectivity index (χ2v) is 4.40. The molecule has 19 heavy (non-hydrogen) atoms. The van der Waals surface area contributed by atoms with Crippen molar-refractivity contribution in [3.63, 3.8) is 0 Å². The molecule has 3 rings (SSSR count). The highest BCUT2D eigenvalue weighted by Gasteiger charge is 2.42. The van der Waals surface area contributed by atoms with E-state index in [4.69, 9.17) is 21.3 Å². The number of hydrogen-bond acceptors (Lipinski definition) is 8. The van der Waals surface area contributed by atoms with E-state index in [9.17, 15) is 5.11 Å². The van der Waals surface area contributed by atoms with E-state index in [-0.39, 0.29) is 12.4 Å². The van der Waals surface area contributed by atoms with Crippen LogP contribution in [-0.2, 0) is 4.74 Å². The van der Waals surface area contributed by atoms with Gasteiger partial charge in [0.2, 0.25) is 0 Å². The fourth-order valence-corrected chi connectivity index (χ4v) is 2.23. The van der Waals surface area contributed by atoms with Crippen LogP contribution in [0.1, 0.15) is 6.23 Å². The Bertz CT molecular complexity index is 602. The molecule has 0 saturated carbocycles. The number of nitrogens with zero attached hydrogens (tertiary/aromatic N) is 4. The average molecular weight is 266 g/mol. The lowest BCUT2D eigenvalue weighted by atomic mass is 10.1. The molecule has 102 valence electrons. The Labute approximate surface area is 107 Å². The summed E-state index contributed by atoms with van der Waals surface area (Å²) in [5, 5.41) is 19.0. The van der Waals surface area contributed by atoms with E-state index < -0.39 is 24.5 Å². The first-order valence-corrected chi connectivity index (χ1v) is 5.76. The van der Waals surface area contributed by atoms with Crippen LogP contribution in [0.2, 0.25) is 0 Å². The van der Waals surface area contributed by atoms with Crippen molar-refractivity contribution in [1.82, 2.24) is 19.5 Å². The zero-order valence-corrected chi connectivity index (χ0v) is 9.92. The van der Waals surface area contributed by atoms with Crippen molar-refractivity contribution in [3.8, 4) is 0 Å². The largest absolute Gasteiger partial charge is 0.394 e. The molecule has 2 aromatic rings. The van der Waals surface area contributed by atoms with Crippen LogP contribution in [0.5, 0.6) is 0 Å². The summed E-state index contributed by atoms with van der Waals surface area (Å²) in [4.78, 5) is 12.0. The number of hydrogen-bond donors (Lipinski definition) is 4. The molecule has 1 saturated heterocycles. The van der Waals surface area contributed by atoms with Crippen molar-refractivity contribution < 1.29 is 14.9 Å². The van der Waals surface area contributed by atoms with E-state index in [0.717, 1.165) is 0 Å². The highest BCUT2D eigenvalue weighted by atomic mass is 16.5. The average Bonchev–Trinajstić information content (AvgIpc) is 2.94. The molecule has 0 aromatic carbocycles. The molecule has 2 aromatic heterocycles. The normalized spacial score (nSPS) is 31.1. The van der Waals surface area contributed by atoms with Crippen LogP contribution in [0.4, 0.5) is 5.82 Å². The van der Waals surface area contributed by atoms with Crippen molar-refractivity contribution in [2.75, 3.05) is 12.3 Å². The van der Waals surface area contributed by atoms with Gasteiger partial charge in [0.05, 0.1) is 19.0 Å². The lowest BCUT2D eigenvalue weighted by Gasteiger charge is -2.17. The summed E-state index contributed by atoms with van der Waals surface area (Å²) in [6.07, 6.45) is 0.456. The van der Waals surface area contributed by atoms with Crippen LogP contribution in [0.15, 0.2) is 12.7 Å². The summed E-state index contributed by atoms with van der Waals surface area (Å²) >= 11 is 0. The zero-order valence-electron chi connectivity index (χ0n) is 9.92. The van der Waals surface area contributed by atoms with Crippen molar-refractivity contribution >= 4 is 17.0 Å². The number of anilines is 1. The number of aliphatic hydroxyl groups is 2. The van der Waals surface area contributed by atoms with Crippen molar-refractivity contribution in [3.05, 3.63) is 12.7 Å². The summed E-state index contributed by atoms with van der Waals surface area (Å²) in [7, 11) is 0. The van der Waals surface area contributed by atoms with Crippen LogP contribution < -0.4 is 11.5 Å². The minimum atomic E-state index is -0.952. The molecule has 1 fully saturated rings. The Morgan fingerprint density at radius 1 is 1.37 bits per heavy atom. The topological polar surface area (TPSA) is 145 Å². The molecule has 1 unspecified atom stereocenters. The third-order valence-electron chi connectivity index (χ3n) is 3.26. The number of nitrogen functional groups attached to an aromatic ring is 1. The van der Waals surface area contributed by atoms with E-state index in [0.29, 0.717) is 11.2 Å². The number of aromatic nitrogens is 4. The van der Waals surface area contributed by atoms with Crippen LogP contribution in [-0.4, -0.2) is 54.6 Å². The Balaban J connectivity index is 2.04. The molecule has 0 spiro atoms.